The van der Waals surface area contributed by atoms with Gasteiger partial charge in [-0.15, -0.1) is 0 Å². The van der Waals surface area contributed by atoms with Gasteiger partial charge < -0.3 is 9.67 Å². The van der Waals surface area contributed by atoms with E-state index in [4.69, 9.17) is 0 Å². The van der Waals surface area contributed by atoms with Crippen molar-refractivity contribution in [3.8, 4) is 0 Å². The van der Waals surface area contributed by atoms with Gasteiger partial charge >= 0.3 is 0 Å². The summed E-state index contributed by atoms with van der Waals surface area (Å²) in [5.74, 6) is 0.664. The van der Waals surface area contributed by atoms with Crippen LogP contribution in [-0.4, -0.2) is 14.7 Å². The predicted molar refractivity (Wildman–Crippen MR) is 88.7 cm³/mol. The molecule has 0 aliphatic carbocycles. The predicted octanol–water partition coefficient (Wildman–Crippen LogP) is 3.81. The van der Waals surface area contributed by atoms with Crippen molar-refractivity contribution in [2.24, 2.45) is 7.05 Å². The molecule has 1 heterocycles. The number of aliphatic hydroxyl groups is 1. The maximum Gasteiger partial charge on any atom is 0.143 e. The summed E-state index contributed by atoms with van der Waals surface area (Å²) in [4.78, 5) is 4.61. The lowest BCUT2D eigenvalue weighted by Crippen LogP contribution is -2.07. The third-order valence-electron chi connectivity index (χ3n) is 4.18. The van der Waals surface area contributed by atoms with Crippen LogP contribution in [0.25, 0.3) is 21.8 Å². The SMILES string of the molecule is Cn1c(C(O)c2cccc3ccccc23)nc2ccccc21. The van der Waals surface area contributed by atoms with E-state index in [0.717, 1.165) is 27.4 Å². The first-order valence-corrected chi connectivity index (χ1v) is 7.33. The van der Waals surface area contributed by atoms with Crippen LogP contribution in [0.4, 0.5) is 0 Å². The van der Waals surface area contributed by atoms with Crippen LogP contribution in [0.1, 0.15) is 17.5 Å². The molecule has 3 nitrogen and oxygen atoms in total. The molecule has 0 spiro atoms. The number of hydrogen-bond acceptors (Lipinski definition) is 2. The van der Waals surface area contributed by atoms with E-state index >= 15 is 0 Å². The second kappa shape index (κ2) is 4.97. The molecule has 0 fully saturated rings. The summed E-state index contributed by atoms with van der Waals surface area (Å²) in [5.41, 5.74) is 2.81. The molecule has 1 unspecified atom stereocenters. The lowest BCUT2D eigenvalue weighted by Gasteiger charge is -2.14. The van der Waals surface area contributed by atoms with Gasteiger partial charge in [-0.3, -0.25) is 0 Å². The fraction of sp³-hybridized carbons (Fsp3) is 0.105. The van der Waals surface area contributed by atoms with Gasteiger partial charge in [0.2, 0.25) is 0 Å². The van der Waals surface area contributed by atoms with Crippen molar-refractivity contribution in [1.82, 2.24) is 9.55 Å². The van der Waals surface area contributed by atoms with Crippen LogP contribution >= 0.6 is 0 Å². The van der Waals surface area contributed by atoms with Crippen molar-refractivity contribution < 1.29 is 5.11 Å². The summed E-state index contributed by atoms with van der Waals surface area (Å²) in [5, 5.41) is 13.1. The molecule has 0 amide bonds. The molecule has 0 bridgehead atoms. The molecule has 0 aliphatic heterocycles. The van der Waals surface area contributed by atoms with Gasteiger partial charge in [0.05, 0.1) is 11.0 Å². The fourth-order valence-electron chi connectivity index (χ4n) is 3.04. The minimum absolute atomic E-state index is 0.664. The number of para-hydroxylation sites is 2. The Morgan fingerprint density at radius 1 is 0.909 bits per heavy atom. The highest BCUT2D eigenvalue weighted by Crippen LogP contribution is 2.29. The molecule has 3 heteroatoms. The van der Waals surface area contributed by atoms with E-state index in [-0.39, 0.29) is 0 Å². The number of benzene rings is 3. The number of rotatable bonds is 2. The summed E-state index contributed by atoms with van der Waals surface area (Å²) in [7, 11) is 1.94. The van der Waals surface area contributed by atoms with Gasteiger partial charge in [-0.25, -0.2) is 4.98 Å². The zero-order chi connectivity index (χ0) is 15.1. The molecule has 22 heavy (non-hydrogen) atoms. The number of aryl methyl sites for hydroxylation is 1. The molecule has 3 aromatic carbocycles. The smallest absolute Gasteiger partial charge is 0.143 e. The van der Waals surface area contributed by atoms with Crippen molar-refractivity contribution in [3.63, 3.8) is 0 Å². The molecule has 0 aliphatic rings. The number of hydrogen-bond donors (Lipinski definition) is 1. The molecule has 4 aromatic rings. The molecule has 108 valence electrons. The molecule has 0 saturated heterocycles. The van der Waals surface area contributed by atoms with Crippen LogP contribution < -0.4 is 0 Å². The largest absolute Gasteiger partial charge is 0.380 e. The Hall–Kier alpha value is -2.65. The quantitative estimate of drug-likeness (QED) is 0.609. The van der Waals surface area contributed by atoms with Gasteiger partial charge in [0.1, 0.15) is 11.9 Å². The summed E-state index contributed by atoms with van der Waals surface area (Å²) in [6.07, 6.45) is -0.747. The summed E-state index contributed by atoms with van der Waals surface area (Å²) < 4.78 is 1.96. The highest BCUT2D eigenvalue weighted by atomic mass is 16.3. The lowest BCUT2D eigenvalue weighted by molar-refractivity contribution is 0.208. The zero-order valence-corrected chi connectivity index (χ0v) is 12.3. The van der Waals surface area contributed by atoms with Crippen molar-refractivity contribution in [2.45, 2.75) is 6.10 Å². The first kappa shape index (κ1) is 13.0. The van der Waals surface area contributed by atoms with E-state index in [1.54, 1.807) is 0 Å². The highest BCUT2D eigenvalue weighted by molar-refractivity contribution is 5.86. The minimum atomic E-state index is -0.747. The number of aromatic nitrogens is 2. The lowest BCUT2D eigenvalue weighted by atomic mass is 10.00. The van der Waals surface area contributed by atoms with Gasteiger partial charge in [0.15, 0.2) is 0 Å². The second-order valence-corrected chi connectivity index (χ2v) is 5.49. The molecule has 4 rings (SSSR count). The van der Waals surface area contributed by atoms with E-state index in [1.165, 1.54) is 0 Å². The second-order valence-electron chi connectivity index (χ2n) is 5.49. The van der Waals surface area contributed by atoms with Crippen molar-refractivity contribution >= 4 is 21.8 Å². The van der Waals surface area contributed by atoms with Gasteiger partial charge in [-0.1, -0.05) is 54.6 Å². The maximum absolute atomic E-state index is 10.9. The van der Waals surface area contributed by atoms with Crippen LogP contribution in [0, 0.1) is 0 Å². The molecule has 0 saturated carbocycles. The first-order chi connectivity index (χ1) is 10.8. The molecule has 0 radical (unpaired) electrons. The van der Waals surface area contributed by atoms with Gasteiger partial charge in [0.25, 0.3) is 0 Å². The van der Waals surface area contributed by atoms with Crippen LogP contribution in [0.2, 0.25) is 0 Å². The Kier molecular flexibility index (Phi) is 2.94. The number of fused-ring (bicyclic) bond motifs is 2. The summed E-state index contributed by atoms with van der Waals surface area (Å²) in [6, 6.07) is 22.0. The average Bonchev–Trinajstić information content (AvgIpc) is 2.91. The monoisotopic (exact) mass is 288 g/mol. The average molecular weight is 288 g/mol. The topological polar surface area (TPSA) is 38.0 Å². The van der Waals surface area contributed by atoms with Gasteiger partial charge in [-0.05, 0) is 28.5 Å². The van der Waals surface area contributed by atoms with Gasteiger partial charge in [-0.2, -0.15) is 0 Å². The fourth-order valence-corrected chi connectivity index (χ4v) is 3.04. The molecular formula is C19H16N2O. The van der Waals surface area contributed by atoms with Crippen LogP contribution in [0.15, 0.2) is 66.7 Å². The zero-order valence-electron chi connectivity index (χ0n) is 12.3. The van der Waals surface area contributed by atoms with Crippen molar-refractivity contribution in [2.75, 3.05) is 0 Å². The van der Waals surface area contributed by atoms with Crippen LogP contribution in [0.5, 0.6) is 0 Å². The Morgan fingerprint density at radius 3 is 2.50 bits per heavy atom. The maximum atomic E-state index is 10.9. The van der Waals surface area contributed by atoms with Crippen molar-refractivity contribution in [3.05, 3.63) is 78.1 Å². The normalized spacial score (nSPS) is 12.8. The van der Waals surface area contributed by atoms with E-state index in [1.807, 2.05) is 66.2 Å². The molecule has 1 N–H and O–H groups in total. The number of nitrogens with zero attached hydrogens (tertiary/aromatic N) is 2. The molecule has 1 aromatic heterocycles. The minimum Gasteiger partial charge on any atom is -0.380 e. The Balaban J connectivity index is 1.92. The third kappa shape index (κ3) is 1.90. The van der Waals surface area contributed by atoms with E-state index in [9.17, 15) is 5.11 Å². The number of imidazole rings is 1. The first-order valence-electron chi connectivity index (χ1n) is 7.33. The van der Waals surface area contributed by atoms with Crippen LogP contribution in [0.3, 0.4) is 0 Å². The Morgan fingerprint density at radius 2 is 1.64 bits per heavy atom. The van der Waals surface area contributed by atoms with E-state index in [2.05, 4.69) is 17.1 Å². The highest BCUT2D eigenvalue weighted by Gasteiger charge is 2.19. The number of aliphatic hydroxyl groups excluding tert-OH is 1. The Labute approximate surface area is 128 Å². The summed E-state index contributed by atoms with van der Waals surface area (Å²) >= 11 is 0. The van der Waals surface area contributed by atoms with E-state index in [0.29, 0.717) is 5.82 Å². The third-order valence-corrected chi connectivity index (χ3v) is 4.18. The Bertz CT molecular complexity index is 966. The van der Waals surface area contributed by atoms with Crippen LogP contribution in [-0.2, 0) is 7.05 Å². The molecule has 1 atom stereocenters. The van der Waals surface area contributed by atoms with Crippen molar-refractivity contribution in [1.29, 1.82) is 0 Å². The summed E-state index contributed by atoms with van der Waals surface area (Å²) in [6.45, 7) is 0. The standard InChI is InChI=1S/C19H16N2O/c1-21-17-12-5-4-11-16(17)20-19(21)18(22)15-10-6-8-13-7-2-3-9-14(13)15/h2-12,18,22H,1H3. The molecular weight excluding hydrogens is 272 g/mol. The van der Waals surface area contributed by atoms with Gasteiger partial charge in [0, 0.05) is 7.05 Å². The van der Waals surface area contributed by atoms with E-state index < -0.39 is 6.10 Å².